The highest BCUT2D eigenvalue weighted by Gasteiger charge is 2.32. The number of hydrogen-bond acceptors (Lipinski definition) is 1. The molecule has 1 atom stereocenters. The fourth-order valence-corrected chi connectivity index (χ4v) is 3.55. The smallest absolute Gasteiger partial charge is 0.0576 e. The van der Waals surface area contributed by atoms with E-state index in [-0.39, 0.29) is 0 Å². The lowest BCUT2D eigenvalue weighted by molar-refractivity contribution is 0.0984. The van der Waals surface area contributed by atoms with Crippen molar-refractivity contribution in [1.82, 2.24) is 0 Å². The Morgan fingerprint density at radius 3 is 2.60 bits per heavy atom. The fraction of sp³-hybridized carbons (Fsp3) is 1.00. The minimum absolute atomic E-state index is 0.500. The summed E-state index contributed by atoms with van der Waals surface area (Å²) < 4.78 is 5.65. The van der Waals surface area contributed by atoms with E-state index in [4.69, 9.17) is 16.3 Å². The van der Waals surface area contributed by atoms with Gasteiger partial charge in [-0.05, 0) is 43.9 Å². The molecule has 1 nitrogen and oxygen atoms in total. The topological polar surface area (TPSA) is 9.23 Å². The van der Waals surface area contributed by atoms with E-state index < -0.39 is 0 Å². The summed E-state index contributed by atoms with van der Waals surface area (Å²) in [5.41, 5.74) is 0.500. The zero-order valence-corrected chi connectivity index (χ0v) is 10.4. The largest absolute Gasteiger partial charge is 0.378 e. The second-order valence-electron chi connectivity index (χ2n) is 5.37. The lowest BCUT2D eigenvalue weighted by Crippen LogP contribution is -2.19. The van der Waals surface area contributed by atoms with E-state index in [1.807, 2.05) is 0 Å². The van der Waals surface area contributed by atoms with E-state index >= 15 is 0 Å². The van der Waals surface area contributed by atoms with Crippen molar-refractivity contribution in [2.45, 2.75) is 63.9 Å². The van der Waals surface area contributed by atoms with Gasteiger partial charge in [-0.2, -0.15) is 0 Å². The van der Waals surface area contributed by atoms with Crippen molar-refractivity contribution in [3.8, 4) is 0 Å². The van der Waals surface area contributed by atoms with E-state index in [0.29, 0.717) is 11.5 Å². The number of hydrogen-bond donors (Lipinski definition) is 0. The van der Waals surface area contributed by atoms with Crippen molar-refractivity contribution in [2.24, 2.45) is 5.41 Å². The number of halogens is 1. The zero-order valence-electron chi connectivity index (χ0n) is 9.64. The lowest BCUT2D eigenvalue weighted by atomic mass is 9.83. The van der Waals surface area contributed by atoms with Gasteiger partial charge in [0.25, 0.3) is 0 Å². The summed E-state index contributed by atoms with van der Waals surface area (Å²) in [5.74, 6) is 0.874. The standard InChI is InChI=1S/C13H23ClO/c14-11-13(7-1-2-8-13)9-3-5-12-6-4-10-15-12/h12H,1-11H2. The van der Waals surface area contributed by atoms with Gasteiger partial charge in [0.2, 0.25) is 0 Å². The van der Waals surface area contributed by atoms with E-state index in [1.54, 1.807) is 0 Å². The van der Waals surface area contributed by atoms with Crippen LogP contribution in [0.5, 0.6) is 0 Å². The molecule has 2 heteroatoms. The molecule has 0 aromatic carbocycles. The van der Waals surface area contributed by atoms with Gasteiger partial charge in [-0.1, -0.05) is 19.3 Å². The van der Waals surface area contributed by atoms with Crippen LogP contribution >= 0.6 is 11.6 Å². The Morgan fingerprint density at radius 1 is 1.20 bits per heavy atom. The predicted molar refractivity (Wildman–Crippen MR) is 64.4 cm³/mol. The average molecular weight is 231 g/mol. The maximum Gasteiger partial charge on any atom is 0.0576 e. The second kappa shape index (κ2) is 5.54. The van der Waals surface area contributed by atoms with Crippen LogP contribution in [0.2, 0.25) is 0 Å². The van der Waals surface area contributed by atoms with Gasteiger partial charge in [-0.15, -0.1) is 11.6 Å². The summed E-state index contributed by atoms with van der Waals surface area (Å²) in [6.45, 7) is 0.991. The van der Waals surface area contributed by atoms with Gasteiger partial charge in [0.1, 0.15) is 0 Å². The van der Waals surface area contributed by atoms with Gasteiger partial charge in [0, 0.05) is 12.5 Å². The Kier molecular flexibility index (Phi) is 4.33. The Balaban J connectivity index is 1.67. The van der Waals surface area contributed by atoms with Crippen LogP contribution in [0.1, 0.15) is 57.8 Å². The van der Waals surface area contributed by atoms with Crippen molar-refractivity contribution < 1.29 is 4.74 Å². The Labute approximate surface area is 98.5 Å². The molecule has 1 heterocycles. The molecule has 0 N–H and O–H groups in total. The summed E-state index contributed by atoms with van der Waals surface area (Å²) in [6, 6.07) is 0. The van der Waals surface area contributed by atoms with Crippen molar-refractivity contribution in [3.05, 3.63) is 0 Å². The molecule has 2 aliphatic rings. The molecule has 0 spiro atoms. The van der Waals surface area contributed by atoms with Crippen LogP contribution in [0.3, 0.4) is 0 Å². The molecule has 1 aliphatic heterocycles. The SMILES string of the molecule is ClCC1(CCCC2CCCO2)CCCC1. The molecule has 88 valence electrons. The fourth-order valence-electron chi connectivity index (χ4n) is 3.15. The minimum Gasteiger partial charge on any atom is -0.378 e. The van der Waals surface area contributed by atoms with Gasteiger partial charge < -0.3 is 4.74 Å². The molecular formula is C13H23ClO. The summed E-state index contributed by atoms with van der Waals surface area (Å²) in [4.78, 5) is 0. The quantitative estimate of drug-likeness (QED) is 0.646. The van der Waals surface area contributed by atoms with Gasteiger partial charge >= 0.3 is 0 Å². The van der Waals surface area contributed by atoms with Gasteiger partial charge in [-0.3, -0.25) is 0 Å². The highest BCUT2D eigenvalue weighted by Crippen LogP contribution is 2.43. The number of rotatable bonds is 5. The first-order chi connectivity index (χ1) is 7.35. The summed E-state index contributed by atoms with van der Waals surface area (Å²) in [5, 5.41) is 0. The van der Waals surface area contributed by atoms with Gasteiger partial charge in [-0.25, -0.2) is 0 Å². The average Bonchev–Trinajstić information content (AvgIpc) is 2.89. The molecule has 1 unspecified atom stereocenters. The maximum atomic E-state index is 6.13. The van der Waals surface area contributed by atoms with Crippen LogP contribution in [0.25, 0.3) is 0 Å². The first-order valence-electron chi connectivity index (χ1n) is 6.52. The van der Waals surface area contributed by atoms with Crippen molar-refractivity contribution in [3.63, 3.8) is 0 Å². The van der Waals surface area contributed by atoms with Crippen LogP contribution in [-0.2, 0) is 4.74 Å². The third-order valence-electron chi connectivity index (χ3n) is 4.20. The molecule has 0 aromatic heterocycles. The monoisotopic (exact) mass is 230 g/mol. The Hall–Kier alpha value is 0.250. The van der Waals surface area contributed by atoms with Gasteiger partial charge in [0.05, 0.1) is 6.10 Å². The molecule has 15 heavy (non-hydrogen) atoms. The molecule has 2 rings (SSSR count). The normalized spacial score (nSPS) is 29.8. The van der Waals surface area contributed by atoms with Crippen LogP contribution in [0.4, 0.5) is 0 Å². The van der Waals surface area contributed by atoms with Crippen LogP contribution in [-0.4, -0.2) is 18.6 Å². The van der Waals surface area contributed by atoms with E-state index in [9.17, 15) is 0 Å². The molecule has 1 aliphatic carbocycles. The zero-order chi connectivity index (χ0) is 10.6. The van der Waals surface area contributed by atoms with E-state index in [0.717, 1.165) is 12.5 Å². The molecule has 0 bridgehead atoms. The Bertz CT molecular complexity index is 181. The highest BCUT2D eigenvalue weighted by atomic mass is 35.5. The minimum atomic E-state index is 0.500. The predicted octanol–water partition coefficient (Wildman–Crippen LogP) is 4.13. The molecular weight excluding hydrogens is 208 g/mol. The first-order valence-corrected chi connectivity index (χ1v) is 7.06. The van der Waals surface area contributed by atoms with Crippen molar-refractivity contribution in [1.29, 1.82) is 0 Å². The second-order valence-corrected chi connectivity index (χ2v) is 5.64. The summed E-state index contributed by atoms with van der Waals surface area (Å²) >= 11 is 6.13. The number of ether oxygens (including phenoxy) is 1. The maximum absolute atomic E-state index is 6.13. The van der Waals surface area contributed by atoms with Crippen LogP contribution < -0.4 is 0 Å². The molecule has 0 amide bonds. The van der Waals surface area contributed by atoms with Crippen LogP contribution in [0.15, 0.2) is 0 Å². The molecule has 1 saturated carbocycles. The Morgan fingerprint density at radius 2 is 2.00 bits per heavy atom. The third kappa shape index (κ3) is 3.10. The number of alkyl halides is 1. The first kappa shape index (κ1) is 11.7. The van der Waals surface area contributed by atoms with E-state index in [2.05, 4.69) is 0 Å². The molecule has 0 aromatic rings. The van der Waals surface area contributed by atoms with Crippen molar-refractivity contribution in [2.75, 3.05) is 12.5 Å². The molecule has 2 fully saturated rings. The summed E-state index contributed by atoms with van der Waals surface area (Å²) in [6.07, 6.45) is 12.5. The van der Waals surface area contributed by atoms with Gasteiger partial charge in [0.15, 0.2) is 0 Å². The molecule has 1 saturated heterocycles. The van der Waals surface area contributed by atoms with Crippen molar-refractivity contribution >= 4 is 11.6 Å². The molecule has 0 radical (unpaired) electrons. The van der Waals surface area contributed by atoms with E-state index in [1.165, 1.54) is 57.8 Å². The summed E-state index contributed by atoms with van der Waals surface area (Å²) in [7, 11) is 0. The van der Waals surface area contributed by atoms with Crippen LogP contribution in [0, 0.1) is 5.41 Å². The lowest BCUT2D eigenvalue weighted by Gasteiger charge is -2.26. The third-order valence-corrected chi connectivity index (χ3v) is 4.77. The highest BCUT2D eigenvalue weighted by molar-refractivity contribution is 6.18.